The number of ether oxygens (including phenoxy) is 1. The molecule has 0 bridgehead atoms. The molecule has 6 N–H and O–H groups in total. The van der Waals surface area contributed by atoms with Crippen molar-refractivity contribution in [3.05, 3.63) is 41.5 Å². The van der Waals surface area contributed by atoms with Gasteiger partial charge < -0.3 is 35.4 Å². The predicted octanol–water partition coefficient (Wildman–Crippen LogP) is 1.04. The summed E-state index contributed by atoms with van der Waals surface area (Å²) in [7, 11) is 0. The first kappa shape index (κ1) is 14.3. The number of aliphatic hydroxyl groups is 2. The zero-order valence-electron chi connectivity index (χ0n) is 11.2. The Morgan fingerprint density at radius 2 is 1.50 bits per heavy atom. The zero-order valence-corrected chi connectivity index (χ0v) is 11.2. The number of aliphatic hydroxyl groups excluding tert-OH is 2. The molecule has 7 heteroatoms. The van der Waals surface area contributed by atoms with Gasteiger partial charge in [0.25, 0.3) is 0 Å². The van der Waals surface area contributed by atoms with Crippen molar-refractivity contribution in [3.63, 3.8) is 0 Å². The van der Waals surface area contributed by atoms with Crippen LogP contribution in [0, 0.1) is 0 Å². The maximum absolute atomic E-state index is 10.2. The van der Waals surface area contributed by atoms with Crippen LogP contribution >= 0.6 is 0 Å². The SMILES string of the molecule is Oc1ccc2c(c1)O[C@H](c1cc(O)c(O)c(O)c1)[C@@H](O)[C@H]2O. The number of fused-ring (bicyclic) bond motifs is 1. The summed E-state index contributed by atoms with van der Waals surface area (Å²) >= 11 is 0. The van der Waals surface area contributed by atoms with E-state index in [2.05, 4.69) is 0 Å². The van der Waals surface area contributed by atoms with Crippen LogP contribution in [0.25, 0.3) is 0 Å². The van der Waals surface area contributed by atoms with Gasteiger partial charge in [-0.1, -0.05) is 0 Å². The minimum Gasteiger partial charge on any atom is -0.508 e. The third-order valence-electron chi connectivity index (χ3n) is 3.62. The molecule has 0 amide bonds. The summed E-state index contributed by atoms with van der Waals surface area (Å²) in [4.78, 5) is 0. The summed E-state index contributed by atoms with van der Waals surface area (Å²) < 4.78 is 5.56. The maximum atomic E-state index is 10.2. The molecule has 0 saturated heterocycles. The Balaban J connectivity index is 2.06. The van der Waals surface area contributed by atoms with Crippen LogP contribution in [0.5, 0.6) is 28.7 Å². The fourth-order valence-corrected chi connectivity index (χ4v) is 2.48. The van der Waals surface area contributed by atoms with Crippen LogP contribution < -0.4 is 4.74 Å². The molecule has 0 saturated carbocycles. The van der Waals surface area contributed by atoms with Gasteiger partial charge in [-0.2, -0.15) is 0 Å². The van der Waals surface area contributed by atoms with Crippen LogP contribution in [-0.2, 0) is 0 Å². The number of phenolic OH excluding ortho intramolecular Hbond substituents is 4. The fourth-order valence-electron chi connectivity index (χ4n) is 2.48. The Bertz CT molecular complexity index is 705. The number of phenols is 4. The smallest absolute Gasteiger partial charge is 0.200 e. The van der Waals surface area contributed by atoms with Gasteiger partial charge in [0.15, 0.2) is 23.4 Å². The van der Waals surface area contributed by atoms with Gasteiger partial charge in [0, 0.05) is 17.2 Å². The van der Waals surface area contributed by atoms with E-state index in [1.807, 2.05) is 0 Å². The van der Waals surface area contributed by atoms with E-state index in [-0.39, 0.29) is 17.1 Å². The van der Waals surface area contributed by atoms with Crippen molar-refractivity contribution in [2.24, 2.45) is 0 Å². The molecule has 0 unspecified atom stereocenters. The Kier molecular flexibility index (Phi) is 3.23. The van der Waals surface area contributed by atoms with E-state index in [1.54, 1.807) is 0 Å². The van der Waals surface area contributed by atoms with Gasteiger partial charge in [0.05, 0.1) is 0 Å². The van der Waals surface area contributed by atoms with Gasteiger partial charge in [0.1, 0.15) is 23.7 Å². The number of hydrogen-bond acceptors (Lipinski definition) is 7. The van der Waals surface area contributed by atoms with Gasteiger partial charge in [-0.15, -0.1) is 0 Å². The average Bonchev–Trinajstić information content (AvgIpc) is 2.47. The molecule has 2 aromatic rings. The van der Waals surface area contributed by atoms with Crippen LogP contribution in [-0.4, -0.2) is 36.7 Å². The minimum absolute atomic E-state index is 0.0718. The molecule has 0 radical (unpaired) electrons. The van der Waals surface area contributed by atoms with E-state index in [9.17, 15) is 30.6 Å². The molecule has 1 aliphatic heterocycles. The van der Waals surface area contributed by atoms with Crippen molar-refractivity contribution in [2.45, 2.75) is 18.3 Å². The Hall–Kier alpha value is -2.64. The highest BCUT2D eigenvalue weighted by molar-refractivity contribution is 5.52. The number of benzene rings is 2. The Morgan fingerprint density at radius 3 is 2.14 bits per heavy atom. The van der Waals surface area contributed by atoms with E-state index in [0.29, 0.717) is 5.56 Å². The summed E-state index contributed by atoms with van der Waals surface area (Å²) in [5.41, 5.74) is 0.474. The zero-order chi connectivity index (χ0) is 16.0. The van der Waals surface area contributed by atoms with Crippen LogP contribution in [0.3, 0.4) is 0 Å². The predicted molar refractivity (Wildman–Crippen MR) is 73.9 cm³/mol. The first-order valence-corrected chi connectivity index (χ1v) is 6.49. The lowest BCUT2D eigenvalue weighted by Crippen LogP contribution is -2.34. The topological polar surface area (TPSA) is 131 Å². The van der Waals surface area contributed by atoms with Gasteiger partial charge in [-0.05, 0) is 24.3 Å². The second-order valence-electron chi connectivity index (χ2n) is 5.10. The van der Waals surface area contributed by atoms with Gasteiger partial charge in [-0.25, -0.2) is 0 Å². The van der Waals surface area contributed by atoms with Crippen molar-refractivity contribution >= 4 is 0 Å². The highest BCUT2D eigenvalue weighted by atomic mass is 16.5. The highest BCUT2D eigenvalue weighted by Gasteiger charge is 2.38. The molecule has 7 nitrogen and oxygen atoms in total. The number of hydrogen-bond donors (Lipinski definition) is 6. The highest BCUT2D eigenvalue weighted by Crippen LogP contribution is 2.45. The van der Waals surface area contributed by atoms with E-state index >= 15 is 0 Å². The van der Waals surface area contributed by atoms with Crippen LogP contribution in [0.1, 0.15) is 23.3 Å². The molecule has 3 atom stereocenters. The van der Waals surface area contributed by atoms with Gasteiger partial charge in [0.2, 0.25) is 0 Å². The Morgan fingerprint density at radius 1 is 0.864 bits per heavy atom. The van der Waals surface area contributed by atoms with E-state index in [0.717, 1.165) is 12.1 Å². The van der Waals surface area contributed by atoms with Crippen molar-refractivity contribution in [1.29, 1.82) is 0 Å². The number of aromatic hydroxyl groups is 4. The second kappa shape index (κ2) is 4.97. The van der Waals surface area contributed by atoms with Crippen molar-refractivity contribution in [3.8, 4) is 28.7 Å². The molecule has 2 aromatic carbocycles. The largest absolute Gasteiger partial charge is 0.508 e. The third kappa shape index (κ3) is 2.16. The molecule has 3 rings (SSSR count). The van der Waals surface area contributed by atoms with E-state index in [4.69, 9.17) is 4.74 Å². The molecule has 0 aromatic heterocycles. The first-order chi connectivity index (χ1) is 10.4. The number of rotatable bonds is 1. The minimum atomic E-state index is -1.36. The molecule has 1 heterocycles. The van der Waals surface area contributed by atoms with Crippen molar-refractivity contribution < 1.29 is 35.4 Å². The van der Waals surface area contributed by atoms with Crippen molar-refractivity contribution in [1.82, 2.24) is 0 Å². The molecule has 0 aliphatic carbocycles. The second-order valence-corrected chi connectivity index (χ2v) is 5.10. The standard InChI is InChI=1S/C15H14O7/c16-7-1-2-8-11(5-7)22-15(14(21)12(8)19)6-3-9(17)13(20)10(18)4-6/h1-5,12,14-21H/t12-,14-,15+/m0/s1. The summed E-state index contributed by atoms with van der Waals surface area (Å²) in [6.07, 6.45) is -3.73. The van der Waals surface area contributed by atoms with Crippen LogP contribution in [0.15, 0.2) is 30.3 Å². The molecule has 1 aliphatic rings. The third-order valence-corrected chi connectivity index (χ3v) is 3.62. The molecule has 22 heavy (non-hydrogen) atoms. The normalized spacial score (nSPS) is 23.6. The van der Waals surface area contributed by atoms with Crippen LogP contribution in [0.4, 0.5) is 0 Å². The van der Waals surface area contributed by atoms with Crippen molar-refractivity contribution in [2.75, 3.05) is 0 Å². The molecule has 0 spiro atoms. The lowest BCUT2D eigenvalue weighted by molar-refractivity contribution is -0.0701. The average molecular weight is 306 g/mol. The maximum Gasteiger partial charge on any atom is 0.200 e. The fraction of sp³-hybridized carbons (Fsp3) is 0.200. The molecular weight excluding hydrogens is 292 g/mol. The van der Waals surface area contributed by atoms with Crippen LogP contribution in [0.2, 0.25) is 0 Å². The Labute approximate surface area is 124 Å². The summed E-state index contributed by atoms with van der Waals surface area (Å²) in [6, 6.07) is 6.31. The lowest BCUT2D eigenvalue weighted by atomic mass is 9.92. The molecular formula is C15H14O7. The first-order valence-electron chi connectivity index (χ1n) is 6.49. The monoisotopic (exact) mass is 306 g/mol. The summed E-state index contributed by atoms with van der Waals surface area (Å²) in [5.74, 6) is -1.75. The van der Waals surface area contributed by atoms with Gasteiger partial charge >= 0.3 is 0 Å². The molecule has 116 valence electrons. The lowest BCUT2D eigenvalue weighted by Gasteiger charge is -2.34. The van der Waals surface area contributed by atoms with E-state index < -0.39 is 35.6 Å². The molecule has 0 fully saturated rings. The van der Waals surface area contributed by atoms with Gasteiger partial charge in [-0.3, -0.25) is 0 Å². The van der Waals surface area contributed by atoms with E-state index in [1.165, 1.54) is 18.2 Å². The summed E-state index contributed by atoms with van der Waals surface area (Å²) in [6.45, 7) is 0. The quantitative estimate of drug-likeness (QED) is 0.434. The summed E-state index contributed by atoms with van der Waals surface area (Å²) in [5, 5.41) is 58.3.